The second-order valence-electron chi connectivity index (χ2n) is 3.94. The molecule has 3 N–H and O–H groups in total. The van der Waals surface area contributed by atoms with Crippen LogP contribution in [0, 0.1) is 5.92 Å². The lowest BCUT2D eigenvalue weighted by Gasteiger charge is -2.30. The second kappa shape index (κ2) is 6.32. The summed E-state index contributed by atoms with van der Waals surface area (Å²) in [6, 6.07) is 0. The molecule has 0 spiro atoms. The first-order chi connectivity index (χ1) is 7.63. The predicted molar refractivity (Wildman–Crippen MR) is 56.5 cm³/mol. The van der Waals surface area contributed by atoms with Gasteiger partial charge in [-0.25, -0.2) is 4.79 Å². The third-order valence-corrected chi connectivity index (χ3v) is 2.68. The highest BCUT2D eigenvalue weighted by Crippen LogP contribution is 2.20. The molecule has 1 aliphatic heterocycles. The van der Waals surface area contributed by atoms with Crippen molar-refractivity contribution in [1.29, 1.82) is 0 Å². The summed E-state index contributed by atoms with van der Waals surface area (Å²) in [6.07, 6.45) is 1.54. The van der Waals surface area contributed by atoms with Crippen LogP contribution in [0.1, 0.15) is 19.3 Å². The van der Waals surface area contributed by atoms with Crippen molar-refractivity contribution in [2.24, 2.45) is 11.7 Å². The minimum Gasteiger partial charge on any atom is -0.447 e. The molecule has 6 heteroatoms. The Morgan fingerprint density at radius 1 is 1.38 bits per heavy atom. The number of nitrogens with zero attached hydrogens (tertiary/aromatic N) is 1. The van der Waals surface area contributed by atoms with Gasteiger partial charge >= 0.3 is 6.09 Å². The Hall–Kier alpha value is -1.30. The standard InChI is InChI=1S/C10H18N2O4/c11-9(14)7-8-1-3-12(4-2-8)10(15)16-6-5-13/h8,13H,1-7H2,(H2,11,14). The van der Waals surface area contributed by atoms with Gasteiger partial charge in [0, 0.05) is 19.5 Å². The first-order valence-electron chi connectivity index (χ1n) is 5.44. The normalized spacial score (nSPS) is 17.2. The Kier molecular flexibility index (Phi) is 5.04. The van der Waals surface area contributed by atoms with Crippen molar-refractivity contribution in [1.82, 2.24) is 4.90 Å². The zero-order valence-electron chi connectivity index (χ0n) is 9.22. The molecule has 0 unspecified atom stereocenters. The molecule has 0 bridgehead atoms. The highest BCUT2D eigenvalue weighted by molar-refractivity contribution is 5.74. The average Bonchev–Trinajstić information content (AvgIpc) is 2.26. The highest BCUT2D eigenvalue weighted by Gasteiger charge is 2.24. The van der Waals surface area contributed by atoms with E-state index in [2.05, 4.69) is 0 Å². The Morgan fingerprint density at radius 2 is 2.00 bits per heavy atom. The van der Waals surface area contributed by atoms with E-state index in [0.717, 1.165) is 12.8 Å². The summed E-state index contributed by atoms with van der Waals surface area (Å²) in [4.78, 5) is 23.7. The van der Waals surface area contributed by atoms with E-state index in [-0.39, 0.29) is 25.0 Å². The molecular weight excluding hydrogens is 212 g/mol. The molecule has 0 aromatic heterocycles. The maximum absolute atomic E-state index is 11.4. The number of piperidine rings is 1. The molecular formula is C10H18N2O4. The highest BCUT2D eigenvalue weighted by atomic mass is 16.6. The molecule has 0 radical (unpaired) electrons. The SMILES string of the molecule is NC(=O)CC1CCN(C(=O)OCCO)CC1. The monoisotopic (exact) mass is 230 g/mol. The van der Waals surface area contributed by atoms with Crippen LogP contribution in [-0.2, 0) is 9.53 Å². The van der Waals surface area contributed by atoms with Gasteiger partial charge in [0.1, 0.15) is 6.61 Å². The molecule has 16 heavy (non-hydrogen) atoms. The van der Waals surface area contributed by atoms with Gasteiger partial charge in [-0.1, -0.05) is 0 Å². The van der Waals surface area contributed by atoms with Crippen molar-refractivity contribution in [2.45, 2.75) is 19.3 Å². The van der Waals surface area contributed by atoms with E-state index < -0.39 is 6.09 Å². The number of amides is 2. The van der Waals surface area contributed by atoms with Gasteiger partial charge in [0.2, 0.25) is 5.91 Å². The lowest BCUT2D eigenvalue weighted by molar-refractivity contribution is -0.119. The molecule has 1 rings (SSSR count). The lowest BCUT2D eigenvalue weighted by Crippen LogP contribution is -2.39. The summed E-state index contributed by atoms with van der Waals surface area (Å²) in [5.41, 5.74) is 5.11. The predicted octanol–water partition coefficient (Wildman–Crippen LogP) is -0.297. The van der Waals surface area contributed by atoms with Crippen LogP contribution in [0.4, 0.5) is 4.79 Å². The topological polar surface area (TPSA) is 92.9 Å². The van der Waals surface area contributed by atoms with Crippen LogP contribution in [0.25, 0.3) is 0 Å². The number of nitrogens with two attached hydrogens (primary N) is 1. The summed E-state index contributed by atoms with van der Waals surface area (Å²) in [5, 5.41) is 8.51. The van der Waals surface area contributed by atoms with Crippen molar-refractivity contribution in [3.05, 3.63) is 0 Å². The van der Waals surface area contributed by atoms with E-state index in [1.165, 1.54) is 0 Å². The van der Waals surface area contributed by atoms with Crippen molar-refractivity contribution in [2.75, 3.05) is 26.3 Å². The minimum absolute atomic E-state index is 0.0278. The van der Waals surface area contributed by atoms with Gasteiger partial charge in [-0.2, -0.15) is 0 Å². The molecule has 2 amide bonds. The quantitative estimate of drug-likeness (QED) is 0.693. The first-order valence-corrected chi connectivity index (χ1v) is 5.44. The van der Waals surface area contributed by atoms with Gasteiger partial charge < -0.3 is 20.5 Å². The molecule has 1 fully saturated rings. The van der Waals surface area contributed by atoms with E-state index in [4.69, 9.17) is 15.6 Å². The minimum atomic E-state index is -0.397. The maximum Gasteiger partial charge on any atom is 0.409 e. The third kappa shape index (κ3) is 4.06. The zero-order chi connectivity index (χ0) is 12.0. The van der Waals surface area contributed by atoms with Gasteiger partial charge in [0.05, 0.1) is 6.61 Å². The van der Waals surface area contributed by atoms with Gasteiger partial charge in [-0.05, 0) is 18.8 Å². The molecule has 0 atom stereocenters. The fourth-order valence-electron chi connectivity index (χ4n) is 1.83. The first kappa shape index (κ1) is 12.8. The Labute approximate surface area is 94.3 Å². The summed E-state index contributed by atoms with van der Waals surface area (Å²) < 4.78 is 4.79. The number of hydrogen-bond acceptors (Lipinski definition) is 4. The number of carbonyl (C=O) groups is 2. The number of aliphatic hydroxyl groups is 1. The van der Waals surface area contributed by atoms with E-state index in [1.54, 1.807) is 4.90 Å². The van der Waals surface area contributed by atoms with Crippen molar-refractivity contribution in [3.63, 3.8) is 0 Å². The fourth-order valence-corrected chi connectivity index (χ4v) is 1.83. The van der Waals surface area contributed by atoms with Crippen LogP contribution in [0.5, 0.6) is 0 Å². The molecule has 1 aliphatic rings. The van der Waals surface area contributed by atoms with Crippen molar-refractivity contribution >= 4 is 12.0 Å². The third-order valence-electron chi connectivity index (χ3n) is 2.68. The van der Waals surface area contributed by atoms with Crippen LogP contribution in [-0.4, -0.2) is 48.3 Å². The Morgan fingerprint density at radius 3 is 2.50 bits per heavy atom. The van der Waals surface area contributed by atoms with Crippen LogP contribution in [0.2, 0.25) is 0 Å². The number of carbonyl (C=O) groups excluding carboxylic acids is 2. The largest absolute Gasteiger partial charge is 0.447 e. The lowest BCUT2D eigenvalue weighted by atomic mass is 9.93. The van der Waals surface area contributed by atoms with Gasteiger partial charge in [-0.15, -0.1) is 0 Å². The summed E-state index contributed by atoms with van der Waals surface area (Å²) in [7, 11) is 0. The smallest absolute Gasteiger partial charge is 0.409 e. The van der Waals surface area contributed by atoms with Gasteiger partial charge in [-0.3, -0.25) is 4.79 Å². The van der Waals surface area contributed by atoms with Crippen LogP contribution in [0.15, 0.2) is 0 Å². The number of ether oxygens (including phenoxy) is 1. The van der Waals surface area contributed by atoms with Gasteiger partial charge in [0.15, 0.2) is 0 Å². The molecule has 1 saturated heterocycles. The molecule has 0 aromatic carbocycles. The number of rotatable bonds is 4. The van der Waals surface area contributed by atoms with Crippen LogP contribution < -0.4 is 5.73 Å². The molecule has 6 nitrogen and oxygen atoms in total. The molecule has 0 saturated carbocycles. The molecule has 92 valence electrons. The maximum atomic E-state index is 11.4. The summed E-state index contributed by atoms with van der Waals surface area (Å²) >= 11 is 0. The average molecular weight is 230 g/mol. The second-order valence-corrected chi connectivity index (χ2v) is 3.94. The Balaban J connectivity index is 2.25. The fraction of sp³-hybridized carbons (Fsp3) is 0.800. The number of primary amides is 1. The molecule has 0 aromatic rings. The van der Waals surface area contributed by atoms with Crippen molar-refractivity contribution in [3.8, 4) is 0 Å². The number of likely N-dealkylation sites (tertiary alicyclic amines) is 1. The summed E-state index contributed by atoms with van der Waals surface area (Å²) in [5.74, 6) is -0.0132. The van der Waals surface area contributed by atoms with E-state index in [1.807, 2.05) is 0 Å². The number of aliphatic hydroxyl groups excluding tert-OH is 1. The molecule has 0 aliphatic carbocycles. The zero-order valence-corrected chi connectivity index (χ0v) is 9.22. The Bertz CT molecular complexity index is 249. The van der Waals surface area contributed by atoms with Crippen LogP contribution in [0.3, 0.4) is 0 Å². The van der Waals surface area contributed by atoms with E-state index in [9.17, 15) is 9.59 Å². The van der Waals surface area contributed by atoms with Gasteiger partial charge in [0.25, 0.3) is 0 Å². The van der Waals surface area contributed by atoms with Crippen molar-refractivity contribution < 1.29 is 19.4 Å². The number of hydrogen-bond donors (Lipinski definition) is 2. The molecule has 1 heterocycles. The van der Waals surface area contributed by atoms with E-state index >= 15 is 0 Å². The van der Waals surface area contributed by atoms with Crippen LogP contribution >= 0.6 is 0 Å². The van der Waals surface area contributed by atoms with E-state index in [0.29, 0.717) is 19.5 Å². The summed E-state index contributed by atoms with van der Waals surface area (Å²) in [6.45, 7) is 1.04.